The van der Waals surface area contributed by atoms with E-state index in [1.165, 1.54) is 24.3 Å². The summed E-state index contributed by atoms with van der Waals surface area (Å²) < 4.78 is 26.5. The molecule has 2 rings (SSSR count). The molecular weight excluding hydrogens is 258 g/mol. The van der Waals surface area contributed by atoms with Crippen molar-refractivity contribution in [3.63, 3.8) is 0 Å². The van der Waals surface area contributed by atoms with E-state index in [1.54, 1.807) is 6.92 Å². The molecule has 0 aromatic heterocycles. The maximum atomic E-state index is 13.3. The lowest BCUT2D eigenvalue weighted by atomic mass is 10.0. The van der Waals surface area contributed by atoms with Crippen LogP contribution in [0.5, 0.6) is 0 Å². The number of carbonyl (C=O) groups is 1. The number of benzene rings is 2. The van der Waals surface area contributed by atoms with Crippen LogP contribution in [0, 0.1) is 18.6 Å². The molecule has 0 atom stereocenters. The zero-order chi connectivity index (χ0) is 13.3. The molecule has 0 unspecified atom stereocenters. The second-order valence-electron chi connectivity index (χ2n) is 3.95. The highest BCUT2D eigenvalue weighted by Crippen LogP contribution is 2.23. The van der Waals surface area contributed by atoms with Gasteiger partial charge in [0.2, 0.25) is 0 Å². The van der Waals surface area contributed by atoms with Crippen LogP contribution in [0.4, 0.5) is 8.78 Å². The molecule has 0 aliphatic rings. The van der Waals surface area contributed by atoms with Gasteiger partial charge in [0.15, 0.2) is 5.78 Å². The Kier molecular flexibility index (Phi) is 3.43. The standard InChI is InChI=1S/C14H9ClF2O/c1-8-5-9(7-10(16)6-8)14(18)11-3-2-4-12(17)13(11)15/h2-7H,1H3. The van der Waals surface area contributed by atoms with Gasteiger partial charge in [0.05, 0.1) is 5.02 Å². The van der Waals surface area contributed by atoms with Crippen molar-refractivity contribution in [2.75, 3.05) is 0 Å². The summed E-state index contributed by atoms with van der Waals surface area (Å²) in [5.41, 5.74) is 0.799. The Labute approximate surface area is 108 Å². The molecule has 0 saturated carbocycles. The fraction of sp³-hybridized carbons (Fsp3) is 0.0714. The number of halogens is 3. The van der Waals surface area contributed by atoms with E-state index in [4.69, 9.17) is 11.6 Å². The van der Waals surface area contributed by atoms with E-state index in [2.05, 4.69) is 0 Å². The third-order valence-corrected chi connectivity index (χ3v) is 2.88. The van der Waals surface area contributed by atoms with Crippen LogP contribution in [0.15, 0.2) is 36.4 Å². The highest BCUT2D eigenvalue weighted by atomic mass is 35.5. The minimum Gasteiger partial charge on any atom is -0.289 e. The minimum absolute atomic E-state index is 0.0293. The Bertz CT molecular complexity index is 603. The lowest BCUT2D eigenvalue weighted by molar-refractivity contribution is 0.103. The van der Waals surface area contributed by atoms with E-state index in [0.717, 1.165) is 12.1 Å². The van der Waals surface area contributed by atoms with Crippen molar-refractivity contribution in [1.29, 1.82) is 0 Å². The summed E-state index contributed by atoms with van der Waals surface area (Å²) in [6, 6.07) is 7.91. The summed E-state index contributed by atoms with van der Waals surface area (Å²) in [7, 11) is 0. The zero-order valence-electron chi connectivity index (χ0n) is 9.51. The molecule has 0 spiro atoms. The molecule has 0 saturated heterocycles. The molecule has 0 heterocycles. The van der Waals surface area contributed by atoms with Gasteiger partial charge >= 0.3 is 0 Å². The summed E-state index contributed by atoms with van der Waals surface area (Å²) in [4.78, 5) is 12.1. The fourth-order valence-corrected chi connectivity index (χ4v) is 1.91. The van der Waals surface area contributed by atoms with Crippen LogP contribution >= 0.6 is 11.6 Å². The lowest BCUT2D eigenvalue weighted by Crippen LogP contribution is -2.04. The van der Waals surface area contributed by atoms with Crippen LogP contribution in [0.3, 0.4) is 0 Å². The number of hydrogen-bond donors (Lipinski definition) is 0. The van der Waals surface area contributed by atoms with E-state index in [1.807, 2.05) is 0 Å². The van der Waals surface area contributed by atoms with Gasteiger partial charge in [0.1, 0.15) is 11.6 Å². The average Bonchev–Trinajstić information content (AvgIpc) is 2.30. The monoisotopic (exact) mass is 266 g/mol. The van der Waals surface area contributed by atoms with Gasteiger partial charge in [-0.25, -0.2) is 8.78 Å². The topological polar surface area (TPSA) is 17.1 Å². The van der Waals surface area contributed by atoms with Crippen LogP contribution in [0.1, 0.15) is 21.5 Å². The molecule has 0 fully saturated rings. The van der Waals surface area contributed by atoms with Crippen LogP contribution in [-0.2, 0) is 0 Å². The van der Waals surface area contributed by atoms with E-state index < -0.39 is 17.4 Å². The summed E-state index contributed by atoms with van der Waals surface area (Å²) in [5, 5.41) is -0.246. The first-order valence-corrected chi connectivity index (χ1v) is 5.63. The Morgan fingerprint density at radius 1 is 1.17 bits per heavy atom. The quantitative estimate of drug-likeness (QED) is 0.746. The molecule has 0 aliphatic carbocycles. The third-order valence-electron chi connectivity index (χ3n) is 2.50. The third kappa shape index (κ3) is 2.41. The Morgan fingerprint density at radius 3 is 2.56 bits per heavy atom. The van der Waals surface area contributed by atoms with Gasteiger partial charge in [-0.05, 0) is 42.8 Å². The first kappa shape index (κ1) is 12.7. The van der Waals surface area contributed by atoms with E-state index in [0.29, 0.717) is 5.56 Å². The molecule has 92 valence electrons. The van der Waals surface area contributed by atoms with E-state index >= 15 is 0 Å². The first-order valence-electron chi connectivity index (χ1n) is 5.25. The predicted octanol–water partition coefficient (Wildman–Crippen LogP) is 4.16. The van der Waals surface area contributed by atoms with Crippen LogP contribution in [0.2, 0.25) is 5.02 Å². The van der Waals surface area contributed by atoms with Gasteiger partial charge in [0.25, 0.3) is 0 Å². The summed E-state index contributed by atoms with van der Waals surface area (Å²) in [5.74, 6) is -1.68. The van der Waals surface area contributed by atoms with Gasteiger partial charge in [-0.3, -0.25) is 4.79 Å². The number of rotatable bonds is 2. The largest absolute Gasteiger partial charge is 0.289 e. The van der Waals surface area contributed by atoms with Gasteiger partial charge < -0.3 is 0 Å². The van der Waals surface area contributed by atoms with Crippen molar-refractivity contribution >= 4 is 17.4 Å². The fourth-order valence-electron chi connectivity index (χ4n) is 1.70. The molecule has 0 N–H and O–H groups in total. The first-order chi connectivity index (χ1) is 8.49. The van der Waals surface area contributed by atoms with Gasteiger partial charge in [-0.1, -0.05) is 17.7 Å². The maximum absolute atomic E-state index is 13.3. The van der Waals surface area contributed by atoms with Crippen LogP contribution < -0.4 is 0 Å². The Morgan fingerprint density at radius 2 is 1.89 bits per heavy atom. The summed E-state index contributed by atoms with van der Waals surface area (Å²) in [6.45, 7) is 1.67. The van der Waals surface area contributed by atoms with Gasteiger partial charge in [-0.2, -0.15) is 0 Å². The molecule has 2 aromatic rings. The zero-order valence-corrected chi connectivity index (χ0v) is 10.3. The number of hydrogen-bond acceptors (Lipinski definition) is 1. The lowest BCUT2D eigenvalue weighted by Gasteiger charge is -2.05. The van der Waals surface area contributed by atoms with Crippen molar-refractivity contribution in [2.45, 2.75) is 6.92 Å². The van der Waals surface area contributed by atoms with E-state index in [9.17, 15) is 13.6 Å². The second kappa shape index (κ2) is 4.86. The van der Waals surface area contributed by atoms with Crippen LogP contribution in [-0.4, -0.2) is 5.78 Å². The van der Waals surface area contributed by atoms with Crippen molar-refractivity contribution in [2.24, 2.45) is 0 Å². The van der Waals surface area contributed by atoms with Crippen molar-refractivity contribution < 1.29 is 13.6 Å². The molecule has 0 aliphatic heterocycles. The molecule has 1 nitrogen and oxygen atoms in total. The van der Waals surface area contributed by atoms with Crippen molar-refractivity contribution in [1.82, 2.24) is 0 Å². The van der Waals surface area contributed by atoms with Crippen molar-refractivity contribution in [3.8, 4) is 0 Å². The normalized spacial score (nSPS) is 10.4. The molecule has 4 heteroatoms. The molecular formula is C14H9ClF2O. The van der Waals surface area contributed by atoms with Crippen molar-refractivity contribution in [3.05, 3.63) is 69.7 Å². The highest BCUT2D eigenvalue weighted by Gasteiger charge is 2.16. The number of ketones is 1. The molecule has 18 heavy (non-hydrogen) atoms. The minimum atomic E-state index is -0.671. The second-order valence-corrected chi connectivity index (χ2v) is 4.33. The Balaban J connectivity index is 2.51. The molecule has 0 amide bonds. The molecule has 0 bridgehead atoms. The average molecular weight is 267 g/mol. The SMILES string of the molecule is Cc1cc(F)cc(C(=O)c2cccc(F)c2Cl)c1. The molecule has 2 aromatic carbocycles. The Hall–Kier alpha value is -1.74. The van der Waals surface area contributed by atoms with Crippen LogP contribution in [0.25, 0.3) is 0 Å². The number of aryl methyl sites for hydroxylation is 1. The maximum Gasteiger partial charge on any atom is 0.194 e. The molecule has 0 radical (unpaired) electrons. The smallest absolute Gasteiger partial charge is 0.194 e. The summed E-state index contributed by atoms with van der Waals surface area (Å²) >= 11 is 5.73. The van der Waals surface area contributed by atoms with E-state index in [-0.39, 0.29) is 16.1 Å². The number of carbonyl (C=O) groups excluding carboxylic acids is 1. The van der Waals surface area contributed by atoms with Gasteiger partial charge in [-0.15, -0.1) is 0 Å². The highest BCUT2D eigenvalue weighted by molar-refractivity contribution is 6.35. The predicted molar refractivity (Wildman–Crippen MR) is 66.0 cm³/mol. The summed E-state index contributed by atoms with van der Waals surface area (Å²) in [6.07, 6.45) is 0. The van der Waals surface area contributed by atoms with Gasteiger partial charge in [0, 0.05) is 11.1 Å².